The molecule has 1 aromatic rings. The van der Waals surface area contributed by atoms with Crippen LogP contribution in [0.5, 0.6) is 0 Å². The average Bonchev–Trinajstić information content (AvgIpc) is 2.11. The van der Waals surface area contributed by atoms with Crippen molar-refractivity contribution in [3.63, 3.8) is 0 Å². The van der Waals surface area contributed by atoms with Crippen LogP contribution in [0.25, 0.3) is 0 Å². The molecule has 1 aromatic heterocycles. The van der Waals surface area contributed by atoms with Gasteiger partial charge >= 0.3 is 0 Å². The second kappa shape index (κ2) is 4.52. The molecule has 0 atom stereocenters. The quantitative estimate of drug-likeness (QED) is 0.863. The lowest BCUT2D eigenvalue weighted by Gasteiger charge is -2.45. The van der Waals surface area contributed by atoms with Gasteiger partial charge in [-0.2, -0.15) is 5.10 Å². The third-order valence-electron chi connectivity index (χ3n) is 3.70. The highest BCUT2D eigenvalue weighted by Crippen LogP contribution is 2.46. The highest BCUT2D eigenvalue weighted by atomic mass is 15.2. The molecule has 1 aliphatic carbocycles. The Morgan fingerprint density at radius 3 is 2.33 bits per heavy atom. The summed E-state index contributed by atoms with van der Waals surface area (Å²) in [6, 6.07) is 2.57. The van der Waals surface area contributed by atoms with Crippen LogP contribution in [0.1, 0.15) is 52.5 Å². The molecular formula is C15H25N3. The zero-order chi connectivity index (χ0) is 13.4. The van der Waals surface area contributed by atoms with Gasteiger partial charge in [-0.1, -0.05) is 27.7 Å². The predicted molar refractivity (Wildman–Crippen MR) is 75.6 cm³/mol. The first-order valence-corrected chi connectivity index (χ1v) is 6.82. The molecule has 3 nitrogen and oxygen atoms in total. The summed E-state index contributed by atoms with van der Waals surface area (Å²) in [7, 11) is 0. The molecule has 3 heteroatoms. The summed E-state index contributed by atoms with van der Waals surface area (Å²) in [5.74, 6) is 0.911. The van der Waals surface area contributed by atoms with Crippen LogP contribution in [0.15, 0.2) is 12.3 Å². The Kier molecular flexibility index (Phi) is 3.35. The molecule has 0 aliphatic heterocycles. The molecule has 0 spiro atoms. The molecule has 0 unspecified atom stereocenters. The van der Waals surface area contributed by atoms with E-state index in [2.05, 4.69) is 56.2 Å². The molecule has 0 saturated heterocycles. The van der Waals surface area contributed by atoms with Gasteiger partial charge in [0, 0.05) is 6.04 Å². The lowest BCUT2D eigenvalue weighted by molar-refractivity contribution is 0.105. The molecule has 2 rings (SSSR count). The summed E-state index contributed by atoms with van der Waals surface area (Å²) in [6.45, 7) is 11.5. The average molecular weight is 247 g/mol. The first-order chi connectivity index (χ1) is 8.26. The van der Waals surface area contributed by atoms with Gasteiger partial charge in [0.2, 0.25) is 0 Å². The van der Waals surface area contributed by atoms with Crippen molar-refractivity contribution in [2.75, 3.05) is 5.32 Å². The van der Waals surface area contributed by atoms with E-state index >= 15 is 0 Å². The number of anilines is 1. The zero-order valence-corrected chi connectivity index (χ0v) is 12.2. The summed E-state index contributed by atoms with van der Waals surface area (Å²) in [6.07, 6.45) is 5.48. The third kappa shape index (κ3) is 3.44. The van der Waals surface area contributed by atoms with Crippen LogP contribution >= 0.6 is 0 Å². The van der Waals surface area contributed by atoms with Gasteiger partial charge < -0.3 is 5.32 Å². The minimum absolute atomic E-state index is 0.399. The van der Waals surface area contributed by atoms with Gasteiger partial charge in [0.25, 0.3) is 0 Å². The minimum atomic E-state index is 0.399. The zero-order valence-electron chi connectivity index (χ0n) is 12.2. The van der Waals surface area contributed by atoms with Crippen LogP contribution in [0.2, 0.25) is 0 Å². The first-order valence-electron chi connectivity index (χ1n) is 6.82. The Labute approximate surface area is 110 Å². The van der Waals surface area contributed by atoms with Gasteiger partial charge in [0.1, 0.15) is 5.82 Å². The fraction of sp³-hybridized carbons (Fsp3) is 0.733. The number of nitrogens with zero attached hydrogens (tertiary/aromatic N) is 2. The fourth-order valence-corrected chi connectivity index (χ4v) is 3.69. The van der Waals surface area contributed by atoms with Crippen LogP contribution in [-0.4, -0.2) is 16.2 Å². The van der Waals surface area contributed by atoms with Crippen molar-refractivity contribution in [3.8, 4) is 0 Å². The Hall–Kier alpha value is -1.12. The molecule has 0 bridgehead atoms. The summed E-state index contributed by atoms with van der Waals surface area (Å²) in [5, 5.41) is 11.7. The number of hydrogen-bond donors (Lipinski definition) is 1. The number of nitrogens with one attached hydrogen (secondary N) is 1. The van der Waals surface area contributed by atoms with Gasteiger partial charge in [0.05, 0.1) is 6.20 Å². The van der Waals surface area contributed by atoms with Crippen molar-refractivity contribution in [1.82, 2.24) is 10.2 Å². The highest BCUT2D eigenvalue weighted by Gasteiger charge is 2.38. The van der Waals surface area contributed by atoms with E-state index in [9.17, 15) is 0 Å². The minimum Gasteiger partial charge on any atom is -0.366 e. The number of aryl methyl sites for hydroxylation is 1. The Morgan fingerprint density at radius 1 is 1.17 bits per heavy atom. The van der Waals surface area contributed by atoms with Crippen molar-refractivity contribution in [1.29, 1.82) is 0 Å². The maximum atomic E-state index is 4.17. The highest BCUT2D eigenvalue weighted by molar-refractivity contribution is 5.36. The second-order valence-electron chi connectivity index (χ2n) is 7.37. The van der Waals surface area contributed by atoms with Gasteiger partial charge in [0.15, 0.2) is 0 Å². The van der Waals surface area contributed by atoms with E-state index in [1.807, 2.05) is 0 Å². The van der Waals surface area contributed by atoms with Crippen LogP contribution in [0, 0.1) is 17.8 Å². The lowest BCUT2D eigenvalue weighted by atomic mass is 9.63. The van der Waals surface area contributed by atoms with E-state index in [0.717, 1.165) is 11.4 Å². The second-order valence-corrected chi connectivity index (χ2v) is 7.37. The topological polar surface area (TPSA) is 37.8 Å². The van der Waals surface area contributed by atoms with E-state index in [0.29, 0.717) is 16.9 Å². The van der Waals surface area contributed by atoms with E-state index in [-0.39, 0.29) is 0 Å². The third-order valence-corrected chi connectivity index (χ3v) is 3.70. The van der Waals surface area contributed by atoms with E-state index in [4.69, 9.17) is 0 Å². The molecule has 1 aliphatic rings. The predicted octanol–water partition coefficient (Wildman–Crippen LogP) is 3.80. The smallest absolute Gasteiger partial charge is 0.149 e. The number of hydrogen-bond acceptors (Lipinski definition) is 3. The fourth-order valence-electron chi connectivity index (χ4n) is 3.69. The van der Waals surface area contributed by atoms with Crippen LogP contribution in [0.4, 0.5) is 5.82 Å². The van der Waals surface area contributed by atoms with Crippen molar-refractivity contribution in [3.05, 3.63) is 17.8 Å². The lowest BCUT2D eigenvalue weighted by Crippen LogP contribution is -2.40. The van der Waals surface area contributed by atoms with Crippen molar-refractivity contribution < 1.29 is 0 Å². The van der Waals surface area contributed by atoms with E-state index in [1.54, 1.807) is 6.20 Å². The molecule has 0 aromatic carbocycles. The monoisotopic (exact) mass is 247 g/mol. The SMILES string of the molecule is Cc1cnnc(NC2CC(C)(C)CC(C)(C)C2)c1. The number of aromatic nitrogens is 2. The van der Waals surface area contributed by atoms with Gasteiger partial charge in [-0.15, -0.1) is 5.10 Å². The van der Waals surface area contributed by atoms with Gasteiger partial charge in [-0.05, 0) is 48.6 Å². The summed E-state index contributed by atoms with van der Waals surface area (Å²) in [5.41, 5.74) is 1.95. The molecule has 1 heterocycles. The van der Waals surface area contributed by atoms with Crippen LogP contribution in [-0.2, 0) is 0 Å². The molecule has 1 N–H and O–H groups in total. The normalized spacial score (nSPS) is 22.7. The molecule has 100 valence electrons. The molecule has 1 fully saturated rings. The Balaban J connectivity index is 2.09. The van der Waals surface area contributed by atoms with Crippen molar-refractivity contribution in [2.24, 2.45) is 10.8 Å². The first kappa shape index (κ1) is 13.3. The largest absolute Gasteiger partial charge is 0.366 e. The molecular weight excluding hydrogens is 222 g/mol. The Bertz CT molecular complexity index is 408. The maximum Gasteiger partial charge on any atom is 0.149 e. The maximum absolute atomic E-state index is 4.17. The summed E-state index contributed by atoms with van der Waals surface area (Å²) >= 11 is 0. The van der Waals surface area contributed by atoms with Crippen molar-refractivity contribution in [2.45, 2.75) is 59.9 Å². The summed E-state index contributed by atoms with van der Waals surface area (Å²) in [4.78, 5) is 0. The molecule has 18 heavy (non-hydrogen) atoms. The molecule has 0 amide bonds. The van der Waals surface area contributed by atoms with Crippen LogP contribution in [0.3, 0.4) is 0 Å². The van der Waals surface area contributed by atoms with Gasteiger partial charge in [-0.3, -0.25) is 0 Å². The molecule has 0 radical (unpaired) electrons. The van der Waals surface area contributed by atoms with Crippen LogP contribution < -0.4 is 5.32 Å². The van der Waals surface area contributed by atoms with E-state index < -0.39 is 0 Å². The Morgan fingerprint density at radius 2 is 1.78 bits per heavy atom. The number of rotatable bonds is 2. The molecule has 1 saturated carbocycles. The van der Waals surface area contributed by atoms with E-state index in [1.165, 1.54) is 19.3 Å². The standard InChI is InChI=1S/C15H25N3/c1-11-6-13(18-16-9-11)17-12-7-14(2,3)10-15(4,5)8-12/h6,9,12H,7-8,10H2,1-5H3,(H,17,18). The summed E-state index contributed by atoms with van der Waals surface area (Å²) < 4.78 is 0. The van der Waals surface area contributed by atoms with Gasteiger partial charge in [-0.25, -0.2) is 0 Å². The van der Waals surface area contributed by atoms with Crippen molar-refractivity contribution >= 4 is 5.82 Å².